The predicted molar refractivity (Wildman–Crippen MR) is 54.5 cm³/mol. The van der Waals surface area contributed by atoms with E-state index in [1.807, 2.05) is 0 Å². The molecular formula is C12H8O6. The first-order chi connectivity index (χ1) is 8.58. The molecule has 2 saturated heterocycles. The fourth-order valence-corrected chi connectivity index (χ4v) is 2.35. The maximum atomic E-state index is 11.4. The van der Waals surface area contributed by atoms with Crippen molar-refractivity contribution < 1.29 is 28.7 Å². The van der Waals surface area contributed by atoms with Crippen molar-refractivity contribution in [3.63, 3.8) is 0 Å². The number of fused-ring (bicyclic) bond motifs is 2. The SMILES string of the molecule is O=C1OC(=O)C2C=CC3C(=O)OC(=O)C3CC=C12. The highest BCUT2D eigenvalue weighted by atomic mass is 16.6. The number of rotatable bonds is 0. The molecule has 3 aliphatic rings. The minimum atomic E-state index is -0.776. The van der Waals surface area contributed by atoms with E-state index in [-0.39, 0.29) is 12.0 Å². The van der Waals surface area contributed by atoms with Crippen LogP contribution in [-0.2, 0) is 28.7 Å². The third-order valence-corrected chi connectivity index (χ3v) is 3.33. The first-order valence-corrected chi connectivity index (χ1v) is 5.48. The maximum Gasteiger partial charge on any atom is 0.342 e. The van der Waals surface area contributed by atoms with Gasteiger partial charge in [-0.3, -0.25) is 14.4 Å². The molecule has 2 aliphatic heterocycles. The van der Waals surface area contributed by atoms with Crippen molar-refractivity contribution in [3.8, 4) is 0 Å². The molecule has 3 atom stereocenters. The van der Waals surface area contributed by atoms with Gasteiger partial charge in [0.1, 0.15) is 5.92 Å². The fourth-order valence-electron chi connectivity index (χ4n) is 2.35. The summed E-state index contributed by atoms with van der Waals surface area (Å²) in [5, 5.41) is 0. The van der Waals surface area contributed by atoms with Crippen LogP contribution in [0.3, 0.4) is 0 Å². The van der Waals surface area contributed by atoms with E-state index in [1.54, 1.807) is 0 Å². The summed E-state index contributed by atoms with van der Waals surface area (Å²) in [5.41, 5.74) is 0.224. The van der Waals surface area contributed by atoms with Crippen molar-refractivity contribution in [2.75, 3.05) is 0 Å². The monoisotopic (exact) mass is 248 g/mol. The molecule has 3 unspecified atom stereocenters. The lowest BCUT2D eigenvalue weighted by atomic mass is 9.85. The van der Waals surface area contributed by atoms with Crippen molar-refractivity contribution in [1.29, 1.82) is 0 Å². The lowest BCUT2D eigenvalue weighted by Crippen LogP contribution is -2.18. The standard InChI is InChI=1S/C12H8O6/c13-9-5-1-2-6-8(12(16)18-10(6)14)4-3-7(5)11(15)17-9/h1-3,5-6,8H,4H2. The summed E-state index contributed by atoms with van der Waals surface area (Å²) in [6.07, 6.45) is 4.55. The van der Waals surface area contributed by atoms with Gasteiger partial charge in [0.05, 0.1) is 17.4 Å². The van der Waals surface area contributed by atoms with Crippen molar-refractivity contribution in [2.24, 2.45) is 17.8 Å². The third-order valence-electron chi connectivity index (χ3n) is 3.33. The highest BCUT2D eigenvalue weighted by Crippen LogP contribution is 2.34. The van der Waals surface area contributed by atoms with Gasteiger partial charge < -0.3 is 9.47 Å². The lowest BCUT2D eigenvalue weighted by Gasteiger charge is -2.11. The van der Waals surface area contributed by atoms with Gasteiger partial charge in [0.2, 0.25) is 0 Å². The molecular weight excluding hydrogens is 240 g/mol. The molecule has 0 aromatic rings. The summed E-state index contributed by atoms with van der Waals surface area (Å²) in [5.74, 6) is -4.63. The Labute approximate surface area is 101 Å². The van der Waals surface area contributed by atoms with Crippen molar-refractivity contribution >= 4 is 23.9 Å². The van der Waals surface area contributed by atoms with Crippen molar-refractivity contribution in [1.82, 2.24) is 0 Å². The zero-order chi connectivity index (χ0) is 12.9. The number of carbonyl (C=O) groups excluding carboxylic acids is 4. The van der Waals surface area contributed by atoms with E-state index in [2.05, 4.69) is 9.47 Å². The number of carbonyl (C=O) groups is 4. The number of esters is 4. The molecule has 0 aromatic heterocycles. The number of ether oxygens (including phenoxy) is 2. The number of cyclic esters (lactones) is 4. The van der Waals surface area contributed by atoms with E-state index in [1.165, 1.54) is 18.2 Å². The highest BCUT2D eigenvalue weighted by Gasteiger charge is 2.45. The fraction of sp³-hybridized carbons (Fsp3) is 0.333. The highest BCUT2D eigenvalue weighted by molar-refractivity contribution is 6.08. The Bertz CT molecular complexity index is 541. The normalized spacial score (nSPS) is 34.2. The summed E-state index contributed by atoms with van der Waals surface area (Å²) < 4.78 is 9.03. The summed E-state index contributed by atoms with van der Waals surface area (Å²) in [6.45, 7) is 0. The first kappa shape index (κ1) is 10.9. The van der Waals surface area contributed by atoms with E-state index < -0.39 is 41.6 Å². The summed E-state index contributed by atoms with van der Waals surface area (Å²) in [6, 6.07) is 0. The molecule has 6 heteroatoms. The minimum absolute atomic E-state index is 0.188. The topological polar surface area (TPSA) is 86.7 Å². The summed E-state index contributed by atoms with van der Waals surface area (Å²) >= 11 is 0. The van der Waals surface area contributed by atoms with Gasteiger partial charge in [-0.2, -0.15) is 0 Å². The Balaban J connectivity index is 2.00. The largest absolute Gasteiger partial charge is 0.392 e. The molecule has 0 bridgehead atoms. The lowest BCUT2D eigenvalue weighted by molar-refractivity contribution is -0.154. The van der Waals surface area contributed by atoms with Gasteiger partial charge in [0.25, 0.3) is 0 Å². The molecule has 18 heavy (non-hydrogen) atoms. The number of allylic oxidation sites excluding steroid dienone is 1. The zero-order valence-corrected chi connectivity index (χ0v) is 9.12. The Morgan fingerprint density at radius 1 is 0.944 bits per heavy atom. The van der Waals surface area contributed by atoms with Crippen LogP contribution < -0.4 is 0 Å². The van der Waals surface area contributed by atoms with Crippen LogP contribution in [0.25, 0.3) is 0 Å². The van der Waals surface area contributed by atoms with Gasteiger partial charge in [-0.15, -0.1) is 0 Å². The van der Waals surface area contributed by atoms with Crippen LogP contribution in [0.15, 0.2) is 23.8 Å². The van der Waals surface area contributed by atoms with Crippen LogP contribution in [0, 0.1) is 17.8 Å². The Morgan fingerprint density at radius 3 is 2.50 bits per heavy atom. The average Bonchev–Trinajstić information content (AvgIpc) is 2.65. The van der Waals surface area contributed by atoms with Crippen LogP contribution >= 0.6 is 0 Å². The zero-order valence-electron chi connectivity index (χ0n) is 9.12. The molecule has 0 N–H and O–H groups in total. The Morgan fingerprint density at radius 2 is 1.72 bits per heavy atom. The van der Waals surface area contributed by atoms with E-state index in [0.717, 1.165) is 0 Å². The quantitative estimate of drug-likeness (QED) is 0.337. The molecule has 2 heterocycles. The predicted octanol–water partition coefficient (Wildman–Crippen LogP) is -0.112. The molecule has 0 spiro atoms. The molecule has 1 aliphatic carbocycles. The smallest absolute Gasteiger partial charge is 0.342 e. The van der Waals surface area contributed by atoms with Gasteiger partial charge in [0.15, 0.2) is 0 Å². The average molecular weight is 248 g/mol. The first-order valence-electron chi connectivity index (χ1n) is 5.48. The molecule has 2 fully saturated rings. The van der Waals surface area contributed by atoms with Crippen LogP contribution in [0.4, 0.5) is 0 Å². The van der Waals surface area contributed by atoms with Crippen LogP contribution in [0.1, 0.15) is 6.42 Å². The molecule has 3 rings (SSSR count). The van der Waals surface area contributed by atoms with E-state index >= 15 is 0 Å². The van der Waals surface area contributed by atoms with Gasteiger partial charge in [-0.1, -0.05) is 18.2 Å². The second-order valence-corrected chi connectivity index (χ2v) is 4.34. The third kappa shape index (κ3) is 1.42. The number of hydrogen-bond acceptors (Lipinski definition) is 6. The second-order valence-electron chi connectivity index (χ2n) is 4.34. The Kier molecular flexibility index (Phi) is 2.19. The summed E-state index contributed by atoms with van der Waals surface area (Å²) in [4.78, 5) is 45.7. The van der Waals surface area contributed by atoms with Crippen LogP contribution in [0.2, 0.25) is 0 Å². The number of hydrogen-bond donors (Lipinski definition) is 0. The van der Waals surface area contributed by atoms with Crippen LogP contribution in [-0.4, -0.2) is 23.9 Å². The van der Waals surface area contributed by atoms with Crippen LogP contribution in [0.5, 0.6) is 0 Å². The van der Waals surface area contributed by atoms with E-state index in [0.29, 0.717) is 0 Å². The molecule has 0 saturated carbocycles. The van der Waals surface area contributed by atoms with E-state index in [9.17, 15) is 19.2 Å². The summed E-state index contributed by atoms with van der Waals surface area (Å²) in [7, 11) is 0. The molecule has 6 nitrogen and oxygen atoms in total. The molecule has 92 valence electrons. The van der Waals surface area contributed by atoms with Gasteiger partial charge in [-0.05, 0) is 6.42 Å². The molecule has 0 aromatic carbocycles. The van der Waals surface area contributed by atoms with Gasteiger partial charge >= 0.3 is 23.9 Å². The maximum absolute atomic E-state index is 11.4. The van der Waals surface area contributed by atoms with Crippen molar-refractivity contribution in [3.05, 3.63) is 23.8 Å². The van der Waals surface area contributed by atoms with E-state index in [4.69, 9.17) is 0 Å². The minimum Gasteiger partial charge on any atom is -0.392 e. The van der Waals surface area contributed by atoms with Gasteiger partial charge in [-0.25, -0.2) is 4.79 Å². The molecule has 0 radical (unpaired) electrons. The second kappa shape index (κ2) is 3.63. The van der Waals surface area contributed by atoms with Gasteiger partial charge in [0, 0.05) is 0 Å². The van der Waals surface area contributed by atoms with Crippen molar-refractivity contribution in [2.45, 2.75) is 6.42 Å². The molecule has 0 amide bonds. The Hall–Kier alpha value is -2.24.